The summed E-state index contributed by atoms with van der Waals surface area (Å²) in [6.45, 7) is 2.93. The van der Waals surface area contributed by atoms with E-state index < -0.39 is 0 Å². The Morgan fingerprint density at radius 2 is 2.04 bits per heavy atom. The Morgan fingerprint density at radius 3 is 2.82 bits per heavy atom. The third kappa shape index (κ3) is 3.26. The van der Waals surface area contributed by atoms with Gasteiger partial charge in [-0.05, 0) is 28.4 Å². The molecule has 7 nitrogen and oxygen atoms in total. The molecule has 0 unspecified atom stereocenters. The lowest BCUT2D eigenvalue weighted by atomic mass is 10.1. The van der Waals surface area contributed by atoms with Crippen LogP contribution in [-0.4, -0.2) is 30.9 Å². The van der Waals surface area contributed by atoms with E-state index in [0.717, 1.165) is 41.7 Å². The Hall–Kier alpha value is -2.48. The van der Waals surface area contributed by atoms with Crippen molar-refractivity contribution in [2.75, 3.05) is 7.11 Å². The molecular weight excluding hydrogens is 422 g/mol. The van der Waals surface area contributed by atoms with Crippen molar-refractivity contribution in [1.82, 2.24) is 19.2 Å². The second-order valence-corrected chi connectivity index (χ2v) is 7.79. The molecule has 146 valence electrons. The summed E-state index contributed by atoms with van der Waals surface area (Å²) in [6.07, 6.45) is 4.21. The Kier molecular flexibility index (Phi) is 5.30. The maximum absolute atomic E-state index is 13.2. The molecule has 3 aromatic rings. The molecule has 0 saturated carbocycles. The molecule has 0 amide bonds. The molecule has 0 radical (unpaired) electrons. The van der Waals surface area contributed by atoms with E-state index in [2.05, 4.69) is 38.0 Å². The number of methoxy groups -OCH3 is 1. The summed E-state index contributed by atoms with van der Waals surface area (Å²) in [7, 11) is 1.64. The number of hydrogen-bond donors (Lipinski definition) is 0. The van der Waals surface area contributed by atoms with E-state index in [0.29, 0.717) is 35.8 Å². The molecule has 0 atom stereocenters. The van der Waals surface area contributed by atoms with Gasteiger partial charge in [0, 0.05) is 24.9 Å². The maximum Gasteiger partial charge on any atom is 0.266 e. The van der Waals surface area contributed by atoms with Gasteiger partial charge in [0.15, 0.2) is 0 Å². The molecule has 0 aliphatic carbocycles. The number of unbranched alkanes of at least 4 members (excludes halogenated alkanes) is 2. The van der Waals surface area contributed by atoms with Gasteiger partial charge in [-0.1, -0.05) is 38.0 Å². The van der Waals surface area contributed by atoms with Crippen LogP contribution in [0.15, 0.2) is 34.1 Å². The van der Waals surface area contributed by atoms with Crippen molar-refractivity contribution < 1.29 is 4.74 Å². The lowest BCUT2D eigenvalue weighted by Gasteiger charge is -2.13. The lowest BCUT2D eigenvalue weighted by Crippen LogP contribution is -2.24. The number of aliphatic imine (C=N–C) groups is 1. The highest BCUT2D eigenvalue weighted by atomic mass is 79.9. The van der Waals surface area contributed by atoms with E-state index in [1.807, 2.05) is 28.8 Å². The fraction of sp³-hybridized carbons (Fsp3) is 0.400. The quantitative estimate of drug-likeness (QED) is 0.522. The third-order valence-electron chi connectivity index (χ3n) is 5.02. The van der Waals surface area contributed by atoms with Crippen molar-refractivity contribution in [3.8, 4) is 5.75 Å². The summed E-state index contributed by atoms with van der Waals surface area (Å²) >= 11 is 3.46. The Balaban J connectivity index is 1.84. The highest BCUT2D eigenvalue weighted by Crippen LogP contribution is 2.29. The topological polar surface area (TPSA) is 73.8 Å². The van der Waals surface area contributed by atoms with Gasteiger partial charge in [-0.15, -0.1) is 10.2 Å². The number of aromatic nitrogens is 4. The van der Waals surface area contributed by atoms with Crippen molar-refractivity contribution in [2.24, 2.45) is 4.99 Å². The number of para-hydroxylation sites is 1. The zero-order chi connectivity index (χ0) is 19.7. The first kappa shape index (κ1) is 18.9. The second kappa shape index (κ2) is 7.87. The first-order chi connectivity index (χ1) is 13.6. The maximum atomic E-state index is 13.2. The smallest absolute Gasteiger partial charge is 0.266 e. The molecule has 28 heavy (non-hydrogen) atoms. The molecule has 1 aliphatic rings. The molecule has 0 fully saturated rings. The zero-order valence-corrected chi connectivity index (χ0v) is 17.6. The molecule has 2 aromatic heterocycles. The van der Waals surface area contributed by atoms with Crippen LogP contribution in [0.3, 0.4) is 0 Å². The minimum Gasteiger partial charge on any atom is -0.496 e. The third-order valence-corrected chi connectivity index (χ3v) is 5.48. The van der Waals surface area contributed by atoms with Crippen molar-refractivity contribution in [1.29, 1.82) is 0 Å². The average Bonchev–Trinajstić information content (AvgIpc) is 3.29. The second-order valence-electron chi connectivity index (χ2n) is 6.87. The Morgan fingerprint density at radius 1 is 1.21 bits per heavy atom. The van der Waals surface area contributed by atoms with E-state index in [1.54, 1.807) is 11.5 Å². The Bertz CT molecular complexity index is 1120. The lowest BCUT2D eigenvalue weighted by molar-refractivity contribution is 0.410. The summed E-state index contributed by atoms with van der Waals surface area (Å²) in [5, 5.41) is 8.71. The summed E-state index contributed by atoms with van der Waals surface area (Å²) in [6, 6.07) is 7.76. The van der Waals surface area contributed by atoms with Gasteiger partial charge in [-0.2, -0.15) is 0 Å². The van der Waals surface area contributed by atoms with Crippen LogP contribution in [0.4, 0.5) is 5.82 Å². The van der Waals surface area contributed by atoms with Gasteiger partial charge in [-0.25, -0.2) is 9.39 Å². The first-order valence-electron chi connectivity index (χ1n) is 9.48. The first-order valence-corrected chi connectivity index (χ1v) is 10.3. The van der Waals surface area contributed by atoms with E-state index in [9.17, 15) is 4.79 Å². The summed E-state index contributed by atoms with van der Waals surface area (Å²) in [5.74, 6) is 2.64. The number of aryl methyl sites for hydroxylation is 1. The number of halogens is 1. The number of nitrogens with zero attached hydrogens (tertiary/aromatic N) is 5. The molecule has 0 saturated heterocycles. The molecule has 1 aromatic carbocycles. The van der Waals surface area contributed by atoms with Crippen LogP contribution in [0.2, 0.25) is 0 Å². The van der Waals surface area contributed by atoms with Gasteiger partial charge in [-0.3, -0.25) is 9.36 Å². The van der Waals surface area contributed by atoms with Crippen molar-refractivity contribution in [3.05, 3.63) is 51.6 Å². The summed E-state index contributed by atoms with van der Waals surface area (Å²) in [4.78, 5) is 17.8. The molecule has 8 heteroatoms. The minimum atomic E-state index is -0.0927. The van der Waals surface area contributed by atoms with E-state index in [-0.39, 0.29) is 5.56 Å². The predicted molar refractivity (Wildman–Crippen MR) is 112 cm³/mol. The van der Waals surface area contributed by atoms with Gasteiger partial charge >= 0.3 is 0 Å². The largest absolute Gasteiger partial charge is 0.496 e. The number of ether oxygens (including phenoxy) is 1. The number of rotatable bonds is 7. The summed E-state index contributed by atoms with van der Waals surface area (Å²) in [5.41, 5.74) is 1.57. The monoisotopic (exact) mass is 443 g/mol. The molecular formula is C20H22BrN5O2. The molecule has 0 spiro atoms. The normalized spacial score (nSPS) is 13.0. The average molecular weight is 444 g/mol. The highest BCUT2D eigenvalue weighted by Gasteiger charge is 2.25. The van der Waals surface area contributed by atoms with Crippen molar-refractivity contribution >= 4 is 32.1 Å². The van der Waals surface area contributed by atoms with Crippen molar-refractivity contribution in [2.45, 2.75) is 45.6 Å². The molecule has 1 aliphatic heterocycles. The van der Waals surface area contributed by atoms with Gasteiger partial charge in [0.05, 0.1) is 17.3 Å². The standard InChI is InChI=1S/C20H22BrN5O2/c1-3-4-7-10-25-18-14(12-16(21)22-18)19(27)26-17(23-24-20(25)26)11-13-8-5-6-9-15(13)28-2/h5-6,8-9H,3-4,7,10-12H2,1-2H3. The van der Waals surface area contributed by atoms with Crippen LogP contribution in [0, 0.1) is 0 Å². The van der Waals surface area contributed by atoms with E-state index in [4.69, 9.17) is 4.74 Å². The molecule has 0 bridgehead atoms. The van der Waals surface area contributed by atoms with Gasteiger partial charge in [0.25, 0.3) is 5.56 Å². The van der Waals surface area contributed by atoms with Crippen LogP contribution in [-0.2, 0) is 19.4 Å². The van der Waals surface area contributed by atoms with E-state index in [1.165, 1.54) is 0 Å². The fourth-order valence-electron chi connectivity index (χ4n) is 3.62. The zero-order valence-electron chi connectivity index (χ0n) is 16.0. The van der Waals surface area contributed by atoms with Gasteiger partial charge in [0.1, 0.15) is 17.4 Å². The predicted octanol–water partition coefficient (Wildman–Crippen LogP) is 3.66. The van der Waals surface area contributed by atoms with Gasteiger partial charge < -0.3 is 4.74 Å². The van der Waals surface area contributed by atoms with Crippen LogP contribution >= 0.6 is 15.9 Å². The van der Waals surface area contributed by atoms with Crippen LogP contribution < -0.4 is 10.3 Å². The van der Waals surface area contributed by atoms with Crippen molar-refractivity contribution in [3.63, 3.8) is 0 Å². The Labute approximate surface area is 171 Å². The fourth-order valence-corrected chi connectivity index (χ4v) is 4.07. The number of hydrogen-bond acceptors (Lipinski definition) is 5. The molecule has 4 rings (SSSR count). The van der Waals surface area contributed by atoms with Crippen LogP contribution in [0.25, 0.3) is 5.78 Å². The molecule has 0 N–H and O–H groups in total. The van der Waals surface area contributed by atoms with Crippen LogP contribution in [0.1, 0.15) is 43.1 Å². The number of benzene rings is 1. The van der Waals surface area contributed by atoms with E-state index >= 15 is 0 Å². The van der Waals surface area contributed by atoms with Gasteiger partial charge in [0.2, 0.25) is 5.78 Å². The summed E-state index contributed by atoms with van der Waals surface area (Å²) < 4.78 is 9.89. The SMILES string of the molecule is CCCCCn1c2c(c(=O)n3c(Cc4ccccc4OC)nnc13)CC(Br)=N2. The van der Waals surface area contributed by atoms with Crippen LogP contribution in [0.5, 0.6) is 5.75 Å². The highest BCUT2D eigenvalue weighted by molar-refractivity contribution is 9.18. The molecule has 3 heterocycles. The number of fused-ring (bicyclic) bond motifs is 2. The minimum absolute atomic E-state index is 0.0927.